The molecule has 0 aromatic carbocycles. The van der Waals surface area contributed by atoms with Crippen LogP contribution in [-0.4, -0.2) is 69.9 Å². The first-order valence-electron chi connectivity index (χ1n) is 10.9. The number of nitrogens with zero attached hydrogens (tertiary/aromatic N) is 5. The minimum atomic E-state index is -2.34. The Bertz CT molecular complexity index is 1270. The molecule has 0 radical (unpaired) electrons. The number of hydrogen-bond donors (Lipinski definition) is 1. The van der Waals surface area contributed by atoms with Crippen molar-refractivity contribution in [1.29, 1.82) is 0 Å². The quantitative estimate of drug-likeness (QED) is 0.643. The van der Waals surface area contributed by atoms with Gasteiger partial charge in [0.2, 0.25) is 5.88 Å². The predicted molar refractivity (Wildman–Crippen MR) is 125 cm³/mol. The van der Waals surface area contributed by atoms with E-state index in [4.69, 9.17) is 19.4 Å². The molecule has 2 aliphatic heterocycles. The average Bonchev–Trinajstić information content (AvgIpc) is 3.45. The monoisotopic (exact) mass is 456 g/mol. The Labute approximate surface area is 187 Å². The van der Waals surface area contributed by atoms with Gasteiger partial charge >= 0.3 is 0 Å². The van der Waals surface area contributed by atoms with Crippen LogP contribution in [0.5, 0.6) is 5.88 Å². The maximum absolute atomic E-state index is 13.5. The molecule has 3 aromatic heterocycles. The van der Waals surface area contributed by atoms with E-state index in [2.05, 4.69) is 26.2 Å². The van der Waals surface area contributed by atoms with E-state index in [1.807, 2.05) is 24.4 Å². The summed E-state index contributed by atoms with van der Waals surface area (Å²) in [5.74, 6) is 2.50. The van der Waals surface area contributed by atoms with Gasteiger partial charge in [-0.3, -0.25) is 0 Å². The molecule has 2 fully saturated rings. The van der Waals surface area contributed by atoms with Gasteiger partial charge in [0.15, 0.2) is 5.82 Å². The van der Waals surface area contributed by atoms with Crippen LogP contribution >= 0.6 is 0 Å². The van der Waals surface area contributed by atoms with E-state index < -0.39 is 9.73 Å². The number of aromatic nitrogens is 4. The van der Waals surface area contributed by atoms with Gasteiger partial charge in [0, 0.05) is 48.6 Å². The van der Waals surface area contributed by atoms with Crippen molar-refractivity contribution in [3.63, 3.8) is 0 Å². The van der Waals surface area contributed by atoms with Crippen molar-refractivity contribution < 1.29 is 13.7 Å². The van der Waals surface area contributed by atoms with Crippen LogP contribution in [0.25, 0.3) is 22.4 Å². The van der Waals surface area contributed by atoms with Crippen molar-refractivity contribution in [2.24, 2.45) is 4.36 Å². The molecule has 5 heterocycles. The summed E-state index contributed by atoms with van der Waals surface area (Å²) in [6.45, 7) is 4.16. The number of morpholine rings is 1. The second-order valence-corrected chi connectivity index (χ2v) is 11.0. The second kappa shape index (κ2) is 8.32. The lowest BCUT2D eigenvalue weighted by molar-refractivity contribution is 0.0985. The van der Waals surface area contributed by atoms with E-state index >= 15 is 0 Å². The molecule has 9 nitrogen and oxygen atoms in total. The molecular formula is C22H28N6O3S. The highest BCUT2D eigenvalue weighted by Gasteiger charge is 2.33. The van der Waals surface area contributed by atoms with Crippen LogP contribution in [0.2, 0.25) is 0 Å². The van der Waals surface area contributed by atoms with Crippen LogP contribution in [-0.2, 0) is 14.5 Å². The summed E-state index contributed by atoms with van der Waals surface area (Å²) < 4.78 is 28.8. The highest BCUT2D eigenvalue weighted by Crippen LogP contribution is 2.38. The summed E-state index contributed by atoms with van der Waals surface area (Å²) in [4.78, 5) is 19.8. The number of nitrogens with one attached hydrogen (secondary N) is 1. The van der Waals surface area contributed by atoms with E-state index in [-0.39, 0.29) is 11.3 Å². The number of aromatic amines is 1. The van der Waals surface area contributed by atoms with Gasteiger partial charge in [0.1, 0.15) is 11.5 Å². The Morgan fingerprint density at radius 2 is 2.19 bits per heavy atom. The number of rotatable bonds is 4. The van der Waals surface area contributed by atoms with E-state index in [9.17, 15) is 4.21 Å². The van der Waals surface area contributed by atoms with Crippen molar-refractivity contribution in [2.75, 3.05) is 44.6 Å². The summed E-state index contributed by atoms with van der Waals surface area (Å²) in [5, 5.41) is 0.714. The Hall–Kier alpha value is -2.72. The molecule has 10 heteroatoms. The number of fused-ring (bicyclic) bond motifs is 1. The van der Waals surface area contributed by atoms with E-state index in [0.29, 0.717) is 36.3 Å². The minimum absolute atomic E-state index is 0.183. The molecule has 1 N–H and O–H groups in total. The highest BCUT2D eigenvalue weighted by molar-refractivity contribution is 7.94. The number of anilines is 1. The highest BCUT2D eigenvalue weighted by atomic mass is 32.2. The number of H-pyrrole nitrogens is 1. The average molecular weight is 457 g/mol. The zero-order chi connectivity index (χ0) is 22.3. The zero-order valence-electron chi connectivity index (χ0n) is 18.6. The summed E-state index contributed by atoms with van der Waals surface area (Å²) in [7, 11) is 0.909. The lowest BCUT2D eigenvalue weighted by Crippen LogP contribution is -2.44. The lowest BCUT2D eigenvalue weighted by atomic mass is 10.1. The molecule has 1 unspecified atom stereocenters. The summed E-state index contributed by atoms with van der Waals surface area (Å²) in [6.07, 6.45) is 3.54. The van der Waals surface area contributed by atoms with E-state index in [0.717, 1.165) is 41.8 Å². The van der Waals surface area contributed by atoms with Gasteiger partial charge < -0.3 is 19.4 Å². The Morgan fingerprint density at radius 1 is 1.31 bits per heavy atom. The predicted octanol–water partition coefficient (Wildman–Crippen LogP) is 3.19. The molecule has 0 bridgehead atoms. The van der Waals surface area contributed by atoms with Gasteiger partial charge in [-0.05, 0) is 25.8 Å². The van der Waals surface area contributed by atoms with Crippen LogP contribution in [0.15, 0.2) is 28.8 Å². The van der Waals surface area contributed by atoms with Crippen LogP contribution < -0.4 is 9.64 Å². The summed E-state index contributed by atoms with van der Waals surface area (Å²) in [5.41, 5.74) is 2.33. The van der Waals surface area contributed by atoms with Crippen LogP contribution in [0, 0.1) is 0 Å². The summed E-state index contributed by atoms with van der Waals surface area (Å²) >= 11 is 0. The Balaban J connectivity index is 1.72. The molecule has 0 aliphatic carbocycles. The topological polar surface area (TPSA) is 106 Å². The third-order valence-corrected chi connectivity index (χ3v) is 9.19. The van der Waals surface area contributed by atoms with Crippen molar-refractivity contribution in [1.82, 2.24) is 19.9 Å². The fraction of sp³-hybridized carbons (Fsp3) is 0.500. The van der Waals surface area contributed by atoms with Gasteiger partial charge in [-0.25, -0.2) is 18.5 Å². The van der Waals surface area contributed by atoms with Crippen molar-refractivity contribution in [3.8, 4) is 17.3 Å². The van der Waals surface area contributed by atoms with Crippen LogP contribution in [0.3, 0.4) is 0 Å². The Morgan fingerprint density at radius 3 is 2.97 bits per heavy atom. The molecule has 0 amide bonds. The van der Waals surface area contributed by atoms with Crippen molar-refractivity contribution >= 4 is 26.6 Å². The third-order valence-electron chi connectivity index (χ3n) is 6.34. The second-order valence-electron chi connectivity index (χ2n) is 8.25. The van der Waals surface area contributed by atoms with Gasteiger partial charge in [-0.1, -0.05) is 0 Å². The van der Waals surface area contributed by atoms with Gasteiger partial charge in [0.05, 0.1) is 47.0 Å². The SMILES string of the molecule is CN=S1(=O)CCC[C@@H]1c1cc(N2CCOC[C@H]2C)nc(-c2cc(OC)nc3[nH]ccc23)n1. The van der Waals surface area contributed by atoms with Crippen LogP contribution in [0.1, 0.15) is 30.7 Å². The minimum Gasteiger partial charge on any atom is -0.481 e. The van der Waals surface area contributed by atoms with Crippen LogP contribution in [0.4, 0.5) is 5.82 Å². The molecular weight excluding hydrogens is 428 g/mol. The number of ether oxygens (including phenoxy) is 2. The molecule has 32 heavy (non-hydrogen) atoms. The number of hydrogen-bond acceptors (Lipinski definition) is 8. The standard InChI is InChI=1S/C22H28N6O3S/c1-14-13-31-9-8-28(14)19-12-17(18-5-4-10-32(18,29)23-2)25-22(26-19)16-11-20(30-3)27-21-15(16)6-7-24-21/h6-7,11-12,14,18H,4-5,8-10,13H2,1-3H3,(H,24,27)/t14-,18-,32?/m1/s1. The smallest absolute Gasteiger partial charge is 0.215 e. The van der Waals surface area contributed by atoms with Gasteiger partial charge in [0.25, 0.3) is 0 Å². The normalized spacial score (nSPS) is 25.9. The zero-order valence-corrected chi connectivity index (χ0v) is 19.4. The summed E-state index contributed by atoms with van der Waals surface area (Å²) in [6, 6.07) is 6.00. The molecule has 2 saturated heterocycles. The van der Waals surface area contributed by atoms with Gasteiger partial charge in [-0.15, -0.1) is 0 Å². The maximum Gasteiger partial charge on any atom is 0.215 e. The third kappa shape index (κ3) is 3.61. The number of methoxy groups -OCH3 is 1. The largest absolute Gasteiger partial charge is 0.481 e. The first kappa shape index (κ1) is 21.1. The van der Waals surface area contributed by atoms with Gasteiger partial charge in [-0.2, -0.15) is 4.98 Å². The Kier molecular flexibility index (Phi) is 5.50. The van der Waals surface area contributed by atoms with Crippen molar-refractivity contribution in [3.05, 3.63) is 30.1 Å². The molecule has 0 saturated carbocycles. The number of pyridine rings is 1. The molecule has 3 atom stereocenters. The fourth-order valence-electron chi connectivity index (χ4n) is 4.61. The lowest BCUT2D eigenvalue weighted by Gasteiger charge is -2.34. The van der Waals surface area contributed by atoms with E-state index in [1.54, 1.807) is 14.2 Å². The van der Waals surface area contributed by atoms with Crippen molar-refractivity contribution in [2.45, 2.75) is 31.1 Å². The molecule has 5 rings (SSSR count). The molecule has 3 aromatic rings. The fourth-order valence-corrected chi connectivity index (χ4v) is 6.95. The molecule has 170 valence electrons. The maximum atomic E-state index is 13.5. The first-order chi connectivity index (χ1) is 15.5. The molecule has 2 aliphatic rings. The first-order valence-corrected chi connectivity index (χ1v) is 12.6. The molecule has 0 spiro atoms. The van der Waals surface area contributed by atoms with E-state index in [1.165, 1.54) is 0 Å².